The molecule has 1 N–H and O–H groups in total. The van der Waals surface area contributed by atoms with Crippen molar-refractivity contribution in [1.82, 2.24) is 5.32 Å². The van der Waals surface area contributed by atoms with Gasteiger partial charge in [-0.25, -0.2) is 8.42 Å². The van der Waals surface area contributed by atoms with Crippen LogP contribution in [0.2, 0.25) is 0 Å². The van der Waals surface area contributed by atoms with Crippen LogP contribution in [0.5, 0.6) is 0 Å². The molecule has 1 aliphatic rings. The summed E-state index contributed by atoms with van der Waals surface area (Å²) in [6.45, 7) is 3.88. The van der Waals surface area contributed by atoms with Crippen LogP contribution >= 0.6 is 0 Å². The number of nitrogens with one attached hydrogen (secondary N) is 1. The molecule has 0 aliphatic heterocycles. The molecule has 1 aromatic carbocycles. The number of sulfone groups is 1. The van der Waals surface area contributed by atoms with Crippen LogP contribution in [0.15, 0.2) is 18.2 Å². The smallest absolute Gasteiger partial charge is 0.235 e. The van der Waals surface area contributed by atoms with Crippen LogP contribution in [0.4, 0.5) is 0 Å². The quantitative estimate of drug-likeness (QED) is 0.907. The summed E-state index contributed by atoms with van der Waals surface area (Å²) in [4.78, 5) is 11.8. The van der Waals surface area contributed by atoms with Gasteiger partial charge in [0.1, 0.15) is 5.75 Å². The molecule has 0 saturated heterocycles. The molecule has 1 aromatic rings. The Kier molecular flexibility index (Phi) is 5.04. The van der Waals surface area contributed by atoms with Gasteiger partial charge in [-0.1, -0.05) is 42.2 Å². The highest BCUT2D eigenvalue weighted by Gasteiger charge is 2.22. The van der Waals surface area contributed by atoms with Crippen molar-refractivity contribution >= 4 is 15.7 Å². The summed E-state index contributed by atoms with van der Waals surface area (Å²) in [5, 5.41) is 2.83. The van der Waals surface area contributed by atoms with Crippen molar-refractivity contribution in [2.24, 2.45) is 0 Å². The summed E-state index contributed by atoms with van der Waals surface area (Å²) in [5.41, 5.74) is 2.83. The van der Waals surface area contributed by atoms with Gasteiger partial charge in [0.2, 0.25) is 5.91 Å². The monoisotopic (exact) mass is 309 g/mol. The summed E-state index contributed by atoms with van der Waals surface area (Å²) in [5.74, 6) is -0.865. The third kappa shape index (κ3) is 5.16. The van der Waals surface area contributed by atoms with E-state index in [1.54, 1.807) is 0 Å². The Balaban J connectivity index is 1.96. The van der Waals surface area contributed by atoms with Crippen LogP contribution in [0.1, 0.15) is 42.4 Å². The van der Waals surface area contributed by atoms with Gasteiger partial charge in [0.05, 0.1) is 5.75 Å². The topological polar surface area (TPSA) is 63.2 Å². The summed E-state index contributed by atoms with van der Waals surface area (Å²) in [7, 11) is -3.42. The van der Waals surface area contributed by atoms with Crippen LogP contribution in [0, 0.1) is 13.8 Å². The number of carbonyl (C=O) groups is 1. The maximum absolute atomic E-state index is 12.1. The van der Waals surface area contributed by atoms with E-state index in [1.807, 2.05) is 32.0 Å². The van der Waals surface area contributed by atoms with Crippen LogP contribution in [-0.4, -0.2) is 26.1 Å². The Hall–Kier alpha value is -1.36. The second kappa shape index (κ2) is 6.60. The second-order valence-corrected chi connectivity index (χ2v) is 8.14. The fourth-order valence-corrected chi connectivity index (χ4v) is 4.26. The normalized spacial score (nSPS) is 16.1. The maximum Gasteiger partial charge on any atom is 0.235 e. The molecule has 21 heavy (non-hydrogen) atoms. The zero-order chi connectivity index (χ0) is 15.5. The van der Waals surface area contributed by atoms with Crippen molar-refractivity contribution in [2.75, 3.05) is 5.75 Å². The van der Waals surface area contributed by atoms with E-state index >= 15 is 0 Å². The fourth-order valence-electron chi connectivity index (χ4n) is 3.00. The summed E-state index contributed by atoms with van der Waals surface area (Å²) < 4.78 is 24.3. The van der Waals surface area contributed by atoms with Crippen molar-refractivity contribution < 1.29 is 13.2 Å². The lowest BCUT2D eigenvalue weighted by molar-refractivity contribution is -0.119. The molecule has 0 radical (unpaired) electrons. The van der Waals surface area contributed by atoms with Crippen LogP contribution < -0.4 is 5.32 Å². The summed E-state index contributed by atoms with van der Waals surface area (Å²) >= 11 is 0. The van der Waals surface area contributed by atoms with E-state index in [4.69, 9.17) is 0 Å². The third-order valence-electron chi connectivity index (χ3n) is 3.74. The largest absolute Gasteiger partial charge is 0.352 e. The molecule has 1 amide bonds. The molecule has 2 rings (SSSR count). The first kappa shape index (κ1) is 16.0. The van der Waals surface area contributed by atoms with E-state index in [-0.39, 0.29) is 17.7 Å². The molecule has 1 aliphatic carbocycles. The minimum absolute atomic E-state index is 0.0758. The van der Waals surface area contributed by atoms with Crippen molar-refractivity contribution in [3.8, 4) is 0 Å². The lowest BCUT2D eigenvalue weighted by Gasteiger charge is -2.12. The Morgan fingerprint density at radius 1 is 1.14 bits per heavy atom. The van der Waals surface area contributed by atoms with Gasteiger partial charge in [-0.3, -0.25) is 4.79 Å². The molecule has 116 valence electrons. The number of amides is 1. The highest BCUT2D eigenvalue weighted by atomic mass is 32.2. The lowest BCUT2D eigenvalue weighted by atomic mass is 10.1. The number of hydrogen-bond donors (Lipinski definition) is 1. The molecular weight excluding hydrogens is 286 g/mol. The first-order chi connectivity index (χ1) is 9.84. The molecule has 4 nitrogen and oxygen atoms in total. The van der Waals surface area contributed by atoms with E-state index < -0.39 is 15.6 Å². The number of benzene rings is 1. The van der Waals surface area contributed by atoms with Gasteiger partial charge in [-0.15, -0.1) is 0 Å². The minimum atomic E-state index is -3.42. The maximum atomic E-state index is 12.1. The molecule has 0 bridgehead atoms. The van der Waals surface area contributed by atoms with Crippen LogP contribution in [0.3, 0.4) is 0 Å². The van der Waals surface area contributed by atoms with E-state index in [0.29, 0.717) is 0 Å². The lowest BCUT2D eigenvalue weighted by Crippen LogP contribution is -2.37. The molecular formula is C16H23NO3S. The van der Waals surface area contributed by atoms with E-state index in [2.05, 4.69) is 5.32 Å². The predicted molar refractivity (Wildman–Crippen MR) is 83.8 cm³/mol. The molecule has 5 heteroatoms. The predicted octanol–water partition coefficient (Wildman–Crippen LogP) is 2.28. The molecule has 0 unspecified atom stereocenters. The summed E-state index contributed by atoms with van der Waals surface area (Å²) in [6, 6.07) is 5.89. The molecule has 0 atom stereocenters. The Bertz CT molecular complexity index is 596. The van der Waals surface area contributed by atoms with Crippen molar-refractivity contribution in [3.05, 3.63) is 34.9 Å². The molecule has 1 saturated carbocycles. The molecule has 0 heterocycles. The standard InChI is InChI=1S/C16H23NO3S/c1-12-7-13(2)9-14(8-12)10-21(19,20)11-16(18)17-15-5-3-4-6-15/h7-9,15H,3-6,10-11H2,1-2H3,(H,17,18). The van der Waals surface area contributed by atoms with E-state index in [0.717, 1.165) is 42.4 Å². The average Bonchev–Trinajstić information content (AvgIpc) is 2.77. The van der Waals surface area contributed by atoms with Crippen LogP contribution in [0.25, 0.3) is 0 Å². The second-order valence-electron chi connectivity index (χ2n) is 6.08. The van der Waals surface area contributed by atoms with Crippen molar-refractivity contribution in [2.45, 2.75) is 51.3 Å². The van der Waals surface area contributed by atoms with Gasteiger partial charge in [0, 0.05) is 6.04 Å². The molecule has 1 fully saturated rings. The van der Waals surface area contributed by atoms with Crippen molar-refractivity contribution in [1.29, 1.82) is 0 Å². The van der Waals surface area contributed by atoms with E-state index in [1.165, 1.54) is 0 Å². The van der Waals surface area contributed by atoms with Gasteiger partial charge >= 0.3 is 0 Å². The van der Waals surface area contributed by atoms with Gasteiger partial charge in [0.15, 0.2) is 9.84 Å². The highest BCUT2D eigenvalue weighted by molar-refractivity contribution is 7.91. The number of carbonyl (C=O) groups excluding carboxylic acids is 1. The Morgan fingerprint density at radius 3 is 2.29 bits per heavy atom. The fraction of sp³-hybridized carbons (Fsp3) is 0.562. The number of hydrogen-bond acceptors (Lipinski definition) is 3. The first-order valence-electron chi connectivity index (χ1n) is 7.41. The summed E-state index contributed by atoms with van der Waals surface area (Å²) in [6.07, 6.45) is 4.15. The van der Waals surface area contributed by atoms with Gasteiger partial charge in [-0.2, -0.15) is 0 Å². The highest BCUT2D eigenvalue weighted by Crippen LogP contribution is 2.18. The molecule has 0 aromatic heterocycles. The number of rotatable bonds is 5. The minimum Gasteiger partial charge on any atom is -0.352 e. The first-order valence-corrected chi connectivity index (χ1v) is 9.23. The van der Waals surface area contributed by atoms with Crippen molar-refractivity contribution in [3.63, 3.8) is 0 Å². The Labute approximate surface area is 126 Å². The number of aryl methyl sites for hydroxylation is 2. The zero-order valence-electron chi connectivity index (χ0n) is 12.7. The van der Waals surface area contributed by atoms with Gasteiger partial charge in [0.25, 0.3) is 0 Å². The van der Waals surface area contributed by atoms with E-state index in [9.17, 15) is 13.2 Å². The van der Waals surface area contributed by atoms with Gasteiger partial charge in [-0.05, 0) is 32.3 Å². The average molecular weight is 309 g/mol. The zero-order valence-corrected chi connectivity index (χ0v) is 13.5. The third-order valence-corrected chi connectivity index (χ3v) is 5.21. The SMILES string of the molecule is Cc1cc(C)cc(CS(=O)(=O)CC(=O)NC2CCCC2)c1. The molecule has 0 spiro atoms. The Morgan fingerprint density at radius 2 is 1.71 bits per heavy atom. The van der Waals surface area contributed by atoms with Crippen LogP contribution in [-0.2, 0) is 20.4 Å². The van der Waals surface area contributed by atoms with Gasteiger partial charge < -0.3 is 5.32 Å².